The van der Waals surface area contributed by atoms with Gasteiger partial charge in [-0.1, -0.05) is 0 Å². The van der Waals surface area contributed by atoms with E-state index in [0.29, 0.717) is 6.04 Å². The fraction of sp³-hybridized carbons (Fsp3) is 0.615. The molecule has 2 aliphatic heterocycles. The fourth-order valence-corrected chi connectivity index (χ4v) is 2.81. The van der Waals surface area contributed by atoms with Gasteiger partial charge in [-0.05, 0) is 12.5 Å². The molecule has 0 radical (unpaired) electrons. The van der Waals surface area contributed by atoms with E-state index in [9.17, 15) is 10.1 Å². The molecule has 0 aromatic carbocycles. The van der Waals surface area contributed by atoms with E-state index in [-0.39, 0.29) is 5.69 Å². The molecule has 0 aliphatic carbocycles. The maximum Gasteiger partial charge on any atom is 0.287 e. The lowest BCUT2D eigenvalue weighted by Crippen LogP contribution is -2.61. The lowest BCUT2D eigenvalue weighted by molar-refractivity contribution is -0.385. The van der Waals surface area contributed by atoms with Gasteiger partial charge >= 0.3 is 0 Å². The first kappa shape index (κ1) is 13.3. The zero-order valence-corrected chi connectivity index (χ0v) is 11.6. The Morgan fingerprint density at radius 2 is 2.05 bits per heavy atom. The Kier molecular flexibility index (Phi) is 3.54. The number of nitrogens with zero attached hydrogens (tertiary/aromatic N) is 4. The molecule has 108 valence electrons. The molecule has 0 bridgehead atoms. The van der Waals surface area contributed by atoms with Gasteiger partial charge < -0.3 is 10.2 Å². The summed E-state index contributed by atoms with van der Waals surface area (Å²) >= 11 is 0. The van der Waals surface area contributed by atoms with Crippen LogP contribution >= 0.6 is 0 Å². The molecule has 7 nitrogen and oxygen atoms in total. The van der Waals surface area contributed by atoms with Gasteiger partial charge in [-0.2, -0.15) is 0 Å². The van der Waals surface area contributed by atoms with E-state index in [1.165, 1.54) is 6.20 Å². The average Bonchev–Trinajstić information content (AvgIpc) is 2.37. The SMILES string of the molecule is Cc1cc([N+](=O)[O-])cnc1N1CCN(C2CNC2)CC1. The van der Waals surface area contributed by atoms with Gasteiger partial charge in [-0.3, -0.25) is 15.0 Å². The second-order valence-corrected chi connectivity index (χ2v) is 5.43. The molecule has 7 heteroatoms. The number of pyridine rings is 1. The Bertz CT molecular complexity index is 509. The second kappa shape index (κ2) is 5.34. The van der Waals surface area contributed by atoms with Gasteiger partial charge in [0.1, 0.15) is 12.0 Å². The van der Waals surface area contributed by atoms with Crippen molar-refractivity contribution in [3.05, 3.63) is 27.9 Å². The van der Waals surface area contributed by atoms with Crippen LogP contribution in [0.25, 0.3) is 0 Å². The number of hydrogen-bond acceptors (Lipinski definition) is 6. The summed E-state index contributed by atoms with van der Waals surface area (Å²) < 4.78 is 0. The zero-order valence-electron chi connectivity index (χ0n) is 11.6. The Labute approximate surface area is 117 Å². The summed E-state index contributed by atoms with van der Waals surface area (Å²) in [4.78, 5) is 19.4. The van der Waals surface area contributed by atoms with Crippen molar-refractivity contribution in [2.45, 2.75) is 13.0 Å². The molecule has 3 rings (SSSR count). The topological polar surface area (TPSA) is 74.5 Å². The van der Waals surface area contributed by atoms with Crippen LogP contribution in [-0.2, 0) is 0 Å². The molecule has 3 heterocycles. The Morgan fingerprint density at radius 3 is 2.55 bits per heavy atom. The molecule has 0 unspecified atom stereocenters. The summed E-state index contributed by atoms with van der Waals surface area (Å²) in [6.07, 6.45) is 1.35. The molecule has 20 heavy (non-hydrogen) atoms. The van der Waals surface area contributed by atoms with Crippen molar-refractivity contribution >= 4 is 11.5 Å². The van der Waals surface area contributed by atoms with E-state index in [2.05, 4.69) is 20.1 Å². The van der Waals surface area contributed by atoms with E-state index in [1.54, 1.807) is 6.07 Å². The maximum atomic E-state index is 10.7. The number of hydrogen-bond donors (Lipinski definition) is 1. The van der Waals surface area contributed by atoms with Gasteiger partial charge in [0.05, 0.1) is 4.92 Å². The highest BCUT2D eigenvalue weighted by atomic mass is 16.6. The quantitative estimate of drug-likeness (QED) is 0.636. The lowest BCUT2D eigenvalue weighted by Gasteiger charge is -2.43. The van der Waals surface area contributed by atoms with E-state index in [1.807, 2.05) is 6.92 Å². The third-order valence-electron chi connectivity index (χ3n) is 4.14. The van der Waals surface area contributed by atoms with Crippen molar-refractivity contribution in [1.29, 1.82) is 0 Å². The first-order valence-electron chi connectivity index (χ1n) is 6.96. The van der Waals surface area contributed by atoms with Gasteiger partial charge in [-0.15, -0.1) is 0 Å². The van der Waals surface area contributed by atoms with E-state index >= 15 is 0 Å². The molecule has 0 atom stereocenters. The van der Waals surface area contributed by atoms with Crippen molar-refractivity contribution in [2.24, 2.45) is 0 Å². The molecule has 0 spiro atoms. The van der Waals surface area contributed by atoms with Crippen LogP contribution in [0.15, 0.2) is 12.3 Å². The van der Waals surface area contributed by atoms with Crippen LogP contribution in [-0.4, -0.2) is 60.1 Å². The molecular weight excluding hydrogens is 258 g/mol. The van der Waals surface area contributed by atoms with Crippen molar-refractivity contribution in [3.8, 4) is 0 Å². The van der Waals surface area contributed by atoms with Crippen LogP contribution in [0.3, 0.4) is 0 Å². The number of anilines is 1. The van der Waals surface area contributed by atoms with E-state index < -0.39 is 4.92 Å². The number of nitro groups is 1. The third-order valence-corrected chi connectivity index (χ3v) is 4.14. The predicted molar refractivity (Wildman–Crippen MR) is 76.1 cm³/mol. The fourth-order valence-electron chi connectivity index (χ4n) is 2.81. The minimum atomic E-state index is -0.398. The number of rotatable bonds is 3. The normalized spacial score (nSPS) is 20.8. The summed E-state index contributed by atoms with van der Waals surface area (Å²) in [6.45, 7) is 8.00. The average molecular weight is 277 g/mol. The highest BCUT2D eigenvalue weighted by molar-refractivity contribution is 5.50. The number of aromatic nitrogens is 1. The molecule has 2 fully saturated rings. The van der Waals surface area contributed by atoms with E-state index in [4.69, 9.17) is 0 Å². The first-order chi connectivity index (χ1) is 9.65. The smallest absolute Gasteiger partial charge is 0.287 e. The summed E-state index contributed by atoms with van der Waals surface area (Å²) in [5.74, 6) is 0.877. The predicted octanol–water partition coefficient (Wildman–Crippen LogP) is 0.392. The van der Waals surface area contributed by atoms with Crippen LogP contribution in [0.1, 0.15) is 5.56 Å². The zero-order chi connectivity index (χ0) is 14.1. The monoisotopic (exact) mass is 277 g/mol. The molecule has 1 aromatic heterocycles. The number of piperazine rings is 1. The maximum absolute atomic E-state index is 10.7. The van der Waals surface area contributed by atoms with Crippen molar-refractivity contribution in [1.82, 2.24) is 15.2 Å². The van der Waals surface area contributed by atoms with Gasteiger partial charge in [0.2, 0.25) is 0 Å². The Balaban J connectivity index is 1.66. The van der Waals surface area contributed by atoms with Crippen LogP contribution in [0.4, 0.5) is 11.5 Å². The minimum Gasteiger partial charge on any atom is -0.354 e. The summed E-state index contributed by atoms with van der Waals surface area (Å²) in [7, 11) is 0. The highest BCUT2D eigenvalue weighted by Gasteiger charge is 2.28. The molecule has 1 N–H and O–H groups in total. The summed E-state index contributed by atoms with van der Waals surface area (Å²) in [5, 5.41) is 14.0. The largest absolute Gasteiger partial charge is 0.354 e. The number of aryl methyl sites for hydroxylation is 1. The summed E-state index contributed by atoms with van der Waals surface area (Å²) in [5.41, 5.74) is 0.934. The van der Waals surface area contributed by atoms with Crippen molar-refractivity contribution < 1.29 is 4.92 Å². The number of nitrogens with one attached hydrogen (secondary N) is 1. The van der Waals surface area contributed by atoms with Gasteiger partial charge in [0.15, 0.2) is 0 Å². The van der Waals surface area contributed by atoms with Gasteiger partial charge in [0.25, 0.3) is 5.69 Å². The Hall–Kier alpha value is -1.73. The van der Waals surface area contributed by atoms with Gasteiger partial charge in [0, 0.05) is 51.4 Å². The van der Waals surface area contributed by atoms with Crippen molar-refractivity contribution in [2.75, 3.05) is 44.2 Å². The van der Waals surface area contributed by atoms with Crippen LogP contribution < -0.4 is 10.2 Å². The highest BCUT2D eigenvalue weighted by Crippen LogP contribution is 2.23. The summed E-state index contributed by atoms with van der Waals surface area (Å²) in [6, 6.07) is 2.29. The van der Waals surface area contributed by atoms with Crippen LogP contribution in [0.2, 0.25) is 0 Å². The minimum absolute atomic E-state index is 0.0606. The van der Waals surface area contributed by atoms with Gasteiger partial charge in [-0.25, -0.2) is 4.98 Å². The molecule has 0 amide bonds. The molecule has 1 aromatic rings. The van der Waals surface area contributed by atoms with Crippen molar-refractivity contribution in [3.63, 3.8) is 0 Å². The van der Waals surface area contributed by atoms with Crippen LogP contribution in [0, 0.1) is 17.0 Å². The Morgan fingerprint density at radius 1 is 1.35 bits per heavy atom. The molecular formula is C13H19N5O2. The molecule has 2 saturated heterocycles. The lowest BCUT2D eigenvalue weighted by atomic mass is 10.1. The standard InChI is InChI=1S/C13H19N5O2/c1-10-6-11(18(19)20)9-15-13(10)17-4-2-16(3-5-17)12-7-14-8-12/h6,9,12,14H,2-5,7-8H2,1H3. The molecule has 2 aliphatic rings. The molecule has 0 saturated carbocycles. The first-order valence-corrected chi connectivity index (χ1v) is 6.96. The third kappa shape index (κ3) is 2.46. The van der Waals surface area contributed by atoms with E-state index in [0.717, 1.165) is 50.6 Å². The second-order valence-electron chi connectivity index (χ2n) is 5.43. The van der Waals surface area contributed by atoms with Crippen LogP contribution in [0.5, 0.6) is 0 Å².